The first-order valence-electron chi connectivity index (χ1n) is 3.96. The molecular formula is C9H5Cl2F3O2. The number of carbonyl (C=O) groups is 1. The molecule has 0 amide bonds. The Hall–Kier alpha value is -0.940. The highest BCUT2D eigenvalue weighted by molar-refractivity contribution is 6.44. The van der Waals surface area contributed by atoms with Gasteiger partial charge in [-0.2, -0.15) is 0 Å². The van der Waals surface area contributed by atoms with E-state index in [1.54, 1.807) is 0 Å². The van der Waals surface area contributed by atoms with Crippen LogP contribution in [0.3, 0.4) is 0 Å². The lowest BCUT2D eigenvalue weighted by Gasteiger charge is -2.11. The van der Waals surface area contributed by atoms with E-state index in [0.717, 1.165) is 19.1 Å². The summed E-state index contributed by atoms with van der Waals surface area (Å²) in [5, 5.41) is -0.266. The summed E-state index contributed by atoms with van der Waals surface area (Å²) in [6.07, 6.45) is -4.84. The Bertz CT molecular complexity index is 429. The maximum absolute atomic E-state index is 11.9. The number of carbonyl (C=O) groups excluding carboxylic acids is 1. The molecule has 0 saturated carbocycles. The molecule has 0 spiro atoms. The number of ether oxygens (including phenoxy) is 1. The van der Waals surface area contributed by atoms with Crippen LogP contribution in [0.15, 0.2) is 12.1 Å². The van der Waals surface area contributed by atoms with E-state index in [0.29, 0.717) is 0 Å². The van der Waals surface area contributed by atoms with E-state index in [9.17, 15) is 18.0 Å². The number of rotatable bonds is 2. The standard InChI is InChI=1S/C9H5Cl2F3O2/c1-4(15)6-2-5(16-9(12,13)14)3-7(10)8(6)11/h2-3H,1H3. The molecule has 0 radical (unpaired) electrons. The van der Waals surface area contributed by atoms with Gasteiger partial charge in [0.25, 0.3) is 0 Å². The van der Waals surface area contributed by atoms with Gasteiger partial charge in [-0.3, -0.25) is 4.79 Å². The van der Waals surface area contributed by atoms with Crippen LogP contribution in [0.1, 0.15) is 17.3 Å². The lowest BCUT2D eigenvalue weighted by Crippen LogP contribution is -2.17. The molecule has 2 nitrogen and oxygen atoms in total. The lowest BCUT2D eigenvalue weighted by atomic mass is 10.1. The molecule has 0 unspecified atom stereocenters. The second-order valence-corrected chi connectivity index (χ2v) is 3.66. The molecule has 88 valence electrons. The third-order valence-electron chi connectivity index (χ3n) is 1.61. The second-order valence-electron chi connectivity index (χ2n) is 2.87. The zero-order chi connectivity index (χ0) is 12.5. The molecule has 0 aliphatic carbocycles. The van der Waals surface area contributed by atoms with Gasteiger partial charge in [-0.05, 0) is 13.0 Å². The van der Waals surface area contributed by atoms with E-state index in [2.05, 4.69) is 4.74 Å². The Morgan fingerprint density at radius 2 is 1.88 bits per heavy atom. The molecule has 0 heterocycles. The van der Waals surface area contributed by atoms with Crippen molar-refractivity contribution in [2.45, 2.75) is 13.3 Å². The maximum Gasteiger partial charge on any atom is 0.573 e. The topological polar surface area (TPSA) is 26.3 Å². The van der Waals surface area contributed by atoms with E-state index in [-0.39, 0.29) is 15.6 Å². The Kier molecular flexibility index (Phi) is 3.70. The molecule has 1 aromatic carbocycles. The second kappa shape index (κ2) is 4.51. The minimum Gasteiger partial charge on any atom is -0.406 e. The summed E-state index contributed by atoms with van der Waals surface area (Å²) in [6.45, 7) is 1.16. The number of alkyl halides is 3. The van der Waals surface area contributed by atoms with Crippen molar-refractivity contribution in [3.8, 4) is 5.75 Å². The highest BCUT2D eigenvalue weighted by Crippen LogP contribution is 2.33. The van der Waals surface area contributed by atoms with E-state index in [1.807, 2.05) is 0 Å². The van der Waals surface area contributed by atoms with Crippen LogP contribution in [0.2, 0.25) is 10.0 Å². The molecule has 0 saturated heterocycles. The van der Waals surface area contributed by atoms with Crippen LogP contribution in [-0.4, -0.2) is 12.1 Å². The lowest BCUT2D eigenvalue weighted by molar-refractivity contribution is -0.274. The van der Waals surface area contributed by atoms with Crippen LogP contribution in [0.4, 0.5) is 13.2 Å². The average Bonchev–Trinajstić information content (AvgIpc) is 2.07. The summed E-state index contributed by atoms with van der Waals surface area (Å²) >= 11 is 11.2. The van der Waals surface area contributed by atoms with Crippen LogP contribution >= 0.6 is 23.2 Å². The summed E-state index contributed by atoms with van der Waals surface area (Å²) in [7, 11) is 0. The van der Waals surface area contributed by atoms with Crippen molar-refractivity contribution in [3.05, 3.63) is 27.7 Å². The largest absolute Gasteiger partial charge is 0.573 e. The number of Topliss-reactive ketones (excluding diaryl/α,β-unsaturated/α-hetero) is 1. The van der Waals surface area contributed by atoms with Gasteiger partial charge in [0.15, 0.2) is 5.78 Å². The Balaban J connectivity index is 3.19. The van der Waals surface area contributed by atoms with Gasteiger partial charge in [0, 0.05) is 11.6 Å². The zero-order valence-corrected chi connectivity index (χ0v) is 9.37. The van der Waals surface area contributed by atoms with Crippen molar-refractivity contribution in [1.29, 1.82) is 0 Å². The van der Waals surface area contributed by atoms with Gasteiger partial charge in [-0.15, -0.1) is 13.2 Å². The maximum atomic E-state index is 11.9. The molecule has 7 heteroatoms. The Labute approximate surface area is 98.9 Å². The number of benzene rings is 1. The summed E-state index contributed by atoms with van der Waals surface area (Å²) in [5.41, 5.74) is -0.117. The van der Waals surface area contributed by atoms with Gasteiger partial charge in [0.05, 0.1) is 10.0 Å². The summed E-state index contributed by atoms with van der Waals surface area (Å²) in [5.74, 6) is -1.08. The fraction of sp³-hybridized carbons (Fsp3) is 0.222. The molecule has 16 heavy (non-hydrogen) atoms. The van der Waals surface area contributed by atoms with Gasteiger partial charge < -0.3 is 4.74 Å². The van der Waals surface area contributed by atoms with Gasteiger partial charge in [-0.25, -0.2) is 0 Å². The summed E-state index contributed by atoms with van der Waals surface area (Å²) < 4.78 is 39.4. The first-order chi connectivity index (χ1) is 7.20. The van der Waals surface area contributed by atoms with Crippen LogP contribution in [-0.2, 0) is 0 Å². The molecule has 0 fully saturated rings. The predicted molar refractivity (Wildman–Crippen MR) is 53.1 cm³/mol. The molecule has 1 rings (SSSR count). The molecule has 0 bridgehead atoms. The zero-order valence-electron chi connectivity index (χ0n) is 7.86. The molecule has 0 aliphatic heterocycles. The fourth-order valence-electron chi connectivity index (χ4n) is 1.01. The van der Waals surface area contributed by atoms with Crippen molar-refractivity contribution < 1.29 is 22.7 Å². The Morgan fingerprint density at radius 3 is 2.31 bits per heavy atom. The quantitative estimate of drug-likeness (QED) is 0.758. The Morgan fingerprint density at radius 1 is 1.31 bits per heavy atom. The van der Waals surface area contributed by atoms with Gasteiger partial charge in [0.2, 0.25) is 0 Å². The highest BCUT2D eigenvalue weighted by Gasteiger charge is 2.31. The minimum absolute atomic E-state index is 0.0938. The van der Waals surface area contributed by atoms with Crippen molar-refractivity contribution in [2.24, 2.45) is 0 Å². The molecule has 0 aromatic heterocycles. The van der Waals surface area contributed by atoms with E-state index in [4.69, 9.17) is 23.2 Å². The van der Waals surface area contributed by atoms with E-state index < -0.39 is 17.9 Å². The fourth-order valence-corrected chi connectivity index (χ4v) is 1.46. The molecular weight excluding hydrogens is 268 g/mol. The monoisotopic (exact) mass is 272 g/mol. The molecule has 1 aromatic rings. The van der Waals surface area contributed by atoms with Crippen molar-refractivity contribution in [3.63, 3.8) is 0 Å². The first kappa shape index (κ1) is 13.1. The summed E-state index contributed by atoms with van der Waals surface area (Å²) in [4.78, 5) is 11.1. The van der Waals surface area contributed by atoms with Crippen LogP contribution in [0.5, 0.6) is 5.75 Å². The van der Waals surface area contributed by atoms with Crippen LogP contribution in [0.25, 0.3) is 0 Å². The molecule has 0 N–H and O–H groups in total. The average molecular weight is 273 g/mol. The number of halogens is 5. The third kappa shape index (κ3) is 3.28. The SMILES string of the molecule is CC(=O)c1cc(OC(F)(F)F)cc(Cl)c1Cl. The summed E-state index contributed by atoms with van der Waals surface area (Å²) in [6, 6.07) is 1.79. The number of ketones is 1. The number of hydrogen-bond acceptors (Lipinski definition) is 2. The number of hydrogen-bond donors (Lipinski definition) is 0. The highest BCUT2D eigenvalue weighted by atomic mass is 35.5. The smallest absolute Gasteiger partial charge is 0.406 e. The van der Waals surface area contributed by atoms with Crippen molar-refractivity contribution in [2.75, 3.05) is 0 Å². The normalized spacial score (nSPS) is 11.4. The predicted octanol–water partition coefficient (Wildman–Crippen LogP) is 4.09. The van der Waals surface area contributed by atoms with Crippen molar-refractivity contribution in [1.82, 2.24) is 0 Å². The molecule has 0 atom stereocenters. The van der Waals surface area contributed by atoms with Gasteiger partial charge >= 0.3 is 6.36 Å². The van der Waals surface area contributed by atoms with Gasteiger partial charge in [-0.1, -0.05) is 23.2 Å². The van der Waals surface area contributed by atoms with E-state index >= 15 is 0 Å². The van der Waals surface area contributed by atoms with Crippen LogP contribution < -0.4 is 4.74 Å². The van der Waals surface area contributed by atoms with Crippen molar-refractivity contribution >= 4 is 29.0 Å². The molecule has 0 aliphatic rings. The minimum atomic E-state index is -4.84. The van der Waals surface area contributed by atoms with Crippen LogP contribution in [0, 0.1) is 0 Å². The third-order valence-corrected chi connectivity index (χ3v) is 2.42. The van der Waals surface area contributed by atoms with E-state index in [1.165, 1.54) is 0 Å². The van der Waals surface area contributed by atoms with Gasteiger partial charge in [0.1, 0.15) is 5.75 Å². The first-order valence-corrected chi connectivity index (χ1v) is 4.72.